The SMILES string of the molecule is COC(=O)Nc1cccc(NC(=O)N2CCN(CC(=O)N3CCCCC3C)CC2)c1. The van der Waals surface area contributed by atoms with Gasteiger partial charge in [-0.15, -0.1) is 0 Å². The molecule has 2 aliphatic heterocycles. The van der Waals surface area contributed by atoms with Crippen LogP contribution in [0, 0.1) is 0 Å². The van der Waals surface area contributed by atoms with Crippen LogP contribution in [0.5, 0.6) is 0 Å². The van der Waals surface area contributed by atoms with Crippen LogP contribution in [0.1, 0.15) is 26.2 Å². The molecule has 0 bridgehead atoms. The number of methoxy groups -OCH3 is 1. The zero-order valence-electron chi connectivity index (χ0n) is 17.7. The molecule has 0 spiro atoms. The van der Waals surface area contributed by atoms with Gasteiger partial charge in [-0.05, 0) is 44.4 Å². The molecule has 1 unspecified atom stereocenters. The van der Waals surface area contributed by atoms with Crippen LogP contribution in [-0.2, 0) is 9.53 Å². The average molecular weight is 418 g/mol. The Kier molecular flexibility index (Phi) is 7.51. The molecule has 9 nitrogen and oxygen atoms in total. The third-order valence-corrected chi connectivity index (χ3v) is 5.69. The molecule has 164 valence electrons. The van der Waals surface area contributed by atoms with Gasteiger partial charge in [0.2, 0.25) is 5.91 Å². The Labute approximate surface area is 177 Å². The van der Waals surface area contributed by atoms with Crippen molar-refractivity contribution in [1.82, 2.24) is 14.7 Å². The van der Waals surface area contributed by atoms with Crippen LogP contribution in [0.3, 0.4) is 0 Å². The smallest absolute Gasteiger partial charge is 0.411 e. The van der Waals surface area contributed by atoms with Gasteiger partial charge in [0.05, 0.1) is 13.7 Å². The summed E-state index contributed by atoms with van der Waals surface area (Å²) in [5, 5.41) is 5.43. The van der Waals surface area contributed by atoms with Crippen LogP contribution >= 0.6 is 0 Å². The van der Waals surface area contributed by atoms with E-state index in [1.165, 1.54) is 13.5 Å². The van der Waals surface area contributed by atoms with E-state index in [4.69, 9.17) is 0 Å². The largest absolute Gasteiger partial charge is 0.453 e. The first kappa shape index (κ1) is 21.9. The number of carbonyl (C=O) groups excluding carboxylic acids is 3. The minimum atomic E-state index is -0.567. The lowest BCUT2D eigenvalue weighted by molar-refractivity contribution is -0.136. The van der Waals surface area contributed by atoms with Gasteiger partial charge in [0.25, 0.3) is 0 Å². The van der Waals surface area contributed by atoms with Crippen LogP contribution in [0.15, 0.2) is 24.3 Å². The van der Waals surface area contributed by atoms with Crippen molar-refractivity contribution in [3.05, 3.63) is 24.3 Å². The summed E-state index contributed by atoms with van der Waals surface area (Å²) in [6, 6.07) is 7.01. The number of urea groups is 1. The summed E-state index contributed by atoms with van der Waals surface area (Å²) in [4.78, 5) is 42.4. The number of hydrogen-bond acceptors (Lipinski definition) is 5. The van der Waals surface area contributed by atoms with Gasteiger partial charge in [-0.2, -0.15) is 0 Å². The van der Waals surface area contributed by atoms with Crippen molar-refractivity contribution in [2.45, 2.75) is 32.2 Å². The van der Waals surface area contributed by atoms with E-state index in [-0.39, 0.29) is 11.9 Å². The maximum atomic E-state index is 12.6. The summed E-state index contributed by atoms with van der Waals surface area (Å²) in [7, 11) is 1.29. The van der Waals surface area contributed by atoms with Gasteiger partial charge in [0.15, 0.2) is 0 Å². The average Bonchev–Trinajstić information content (AvgIpc) is 2.74. The number of piperazine rings is 1. The molecule has 4 amide bonds. The Hall–Kier alpha value is -2.81. The summed E-state index contributed by atoms with van der Waals surface area (Å²) in [5.74, 6) is 0.190. The molecule has 1 atom stereocenters. The zero-order chi connectivity index (χ0) is 21.5. The fourth-order valence-corrected chi connectivity index (χ4v) is 3.91. The van der Waals surface area contributed by atoms with E-state index in [0.29, 0.717) is 50.1 Å². The molecule has 2 aliphatic rings. The number of carbonyl (C=O) groups is 3. The molecule has 1 aromatic carbocycles. The molecule has 1 aromatic rings. The van der Waals surface area contributed by atoms with Crippen molar-refractivity contribution in [3.8, 4) is 0 Å². The molecular weight excluding hydrogens is 386 g/mol. The van der Waals surface area contributed by atoms with Gasteiger partial charge in [0.1, 0.15) is 0 Å². The molecular formula is C21H31N5O4. The van der Waals surface area contributed by atoms with E-state index in [2.05, 4.69) is 27.2 Å². The van der Waals surface area contributed by atoms with Crippen molar-refractivity contribution >= 4 is 29.4 Å². The van der Waals surface area contributed by atoms with Crippen LogP contribution in [0.25, 0.3) is 0 Å². The highest BCUT2D eigenvalue weighted by molar-refractivity contribution is 5.91. The molecule has 0 radical (unpaired) electrons. The van der Waals surface area contributed by atoms with Gasteiger partial charge in [0, 0.05) is 50.1 Å². The minimum Gasteiger partial charge on any atom is -0.453 e. The third-order valence-electron chi connectivity index (χ3n) is 5.69. The van der Waals surface area contributed by atoms with Crippen LogP contribution in [-0.4, -0.2) is 85.2 Å². The number of ether oxygens (including phenoxy) is 1. The number of benzene rings is 1. The second kappa shape index (κ2) is 10.3. The second-order valence-corrected chi connectivity index (χ2v) is 7.82. The summed E-state index contributed by atoms with van der Waals surface area (Å²) < 4.78 is 4.57. The molecule has 0 aromatic heterocycles. The van der Waals surface area contributed by atoms with E-state index >= 15 is 0 Å². The quantitative estimate of drug-likeness (QED) is 0.785. The summed E-state index contributed by atoms with van der Waals surface area (Å²) in [6.45, 7) is 5.86. The molecule has 2 heterocycles. The van der Waals surface area contributed by atoms with Crippen molar-refractivity contribution in [3.63, 3.8) is 0 Å². The van der Waals surface area contributed by atoms with Gasteiger partial charge in [-0.1, -0.05) is 6.07 Å². The van der Waals surface area contributed by atoms with Crippen LogP contribution in [0.4, 0.5) is 21.0 Å². The van der Waals surface area contributed by atoms with Crippen molar-refractivity contribution in [2.75, 3.05) is 57.0 Å². The van der Waals surface area contributed by atoms with Gasteiger partial charge < -0.3 is 19.9 Å². The van der Waals surface area contributed by atoms with E-state index in [1.807, 2.05) is 4.90 Å². The Balaban J connectivity index is 1.45. The van der Waals surface area contributed by atoms with E-state index < -0.39 is 6.09 Å². The molecule has 2 N–H and O–H groups in total. The number of likely N-dealkylation sites (tertiary alicyclic amines) is 1. The van der Waals surface area contributed by atoms with E-state index in [1.54, 1.807) is 29.2 Å². The lowest BCUT2D eigenvalue weighted by atomic mass is 10.0. The molecule has 0 saturated carbocycles. The summed E-state index contributed by atoms with van der Waals surface area (Å²) in [5.41, 5.74) is 1.13. The zero-order valence-corrected chi connectivity index (χ0v) is 17.7. The monoisotopic (exact) mass is 417 g/mol. The number of amides is 4. The highest BCUT2D eigenvalue weighted by Crippen LogP contribution is 2.18. The third kappa shape index (κ3) is 5.85. The summed E-state index contributed by atoms with van der Waals surface area (Å²) >= 11 is 0. The summed E-state index contributed by atoms with van der Waals surface area (Å²) in [6.07, 6.45) is 2.79. The molecule has 0 aliphatic carbocycles. The van der Waals surface area contributed by atoms with Crippen LogP contribution in [0.2, 0.25) is 0 Å². The van der Waals surface area contributed by atoms with E-state index in [0.717, 1.165) is 19.4 Å². The molecule has 9 heteroatoms. The number of hydrogen-bond donors (Lipinski definition) is 2. The molecule has 2 saturated heterocycles. The fourth-order valence-electron chi connectivity index (χ4n) is 3.91. The molecule has 2 fully saturated rings. The predicted molar refractivity (Wildman–Crippen MR) is 115 cm³/mol. The highest BCUT2D eigenvalue weighted by atomic mass is 16.5. The Morgan fingerprint density at radius 1 is 1.03 bits per heavy atom. The lowest BCUT2D eigenvalue weighted by Gasteiger charge is -2.38. The number of rotatable bonds is 4. The van der Waals surface area contributed by atoms with Gasteiger partial charge in [-0.25, -0.2) is 9.59 Å². The van der Waals surface area contributed by atoms with Crippen molar-refractivity contribution in [1.29, 1.82) is 0 Å². The topological polar surface area (TPSA) is 94.2 Å². The standard InChI is InChI=1S/C21H31N5O4/c1-16-6-3-4-9-26(16)19(27)15-24-10-12-25(13-11-24)20(28)22-17-7-5-8-18(14-17)23-21(29)30-2/h5,7-8,14,16H,3-4,6,9-13,15H2,1-2H3,(H,22,28)(H,23,29). The second-order valence-electron chi connectivity index (χ2n) is 7.82. The normalized spacial score (nSPS) is 19.9. The Bertz CT molecular complexity index is 764. The first-order chi connectivity index (χ1) is 14.5. The maximum absolute atomic E-state index is 12.6. The Morgan fingerprint density at radius 3 is 2.40 bits per heavy atom. The first-order valence-electron chi connectivity index (χ1n) is 10.5. The Morgan fingerprint density at radius 2 is 1.73 bits per heavy atom. The number of piperidine rings is 1. The maximum Gasteiger partial charge on any atom is 0.411 e. The van der Waals surface area contributed by atoms with Gasteiger partial charge >= 0.3 is 12.1 Å². The van der Waals surface area contributed by atoms with Crippen molar-refractivity contribution in [2.24, 2.45) is 0 Å². The highest BCUT2D eigenvalue weighted by Gasteiger charge is 2.27. The lowest BCUT2D eigenvalue weighted by Crippen LogP contribution is -2.53. The number of nitrogens with zero attached hydrogens (tertiary/aromatic N) is 3. The predicted octanol–water partition coefficient (Wildman–Crippen LogP) is 2.42. The van der Waals surface area contributed by atoms with Crippen LogP contribution < -0.4 is 10.6 Å². The van der Waals surface area contributed by atoms with Crippen molar-refractivity contribution < 1.29 is 19.1 Å². The van der Waals surface area contributed by atoms with E-state index in [9.17, 15) is 14.4 Å². The number of nitrogens with one attached hydrogen (secondary N) is 2. The molecule has 30 heavy (non-hydrogen) atoms. The first-order valence-corrected chi connectivity index (χ1v) is 10.5. The minimum absolute atomic E-state index is 0.190. The number of anilines is 2. The fraction of sp³-hybridized carbons (Fsp3) is 0.571. The molecule has 3 rings (SSSR count). The van der Waals surface area contributed by atoms with Gasteiger partial charge in [-0.3, -0.25) is 15.0 Å².